The van der Waals surface area contributed by atoms with Gasteiger partial charge in [-0.3, -0.25) is 9.78 Å². The SMILES string of the molecule is CC(C)c1nccc(CCC(=O)C(C)(C)C)c1-n1c(=O)nc(N2CCN(C(=O)O)[C@@H](CC#N)C2)c2cc(F)c(-c3c(N)cccc3F)nc21. The van der Waals surface area contributed by atoms with E-state index in [1.165, 1.54) is 16.7 Å². The Hall–Kier alpha value is -5.45. The summed E-state index contributed by atoms with van der Waals surface area (Å²) in [6.07, 6.45) is 0.711. The van der Waals surface area contributed by atoms with Crippen molar-refractivity contribution >= 4 is 34.4 Å². The lowest BCUT2D eigenvalue weighted by Gasteiger charge is -2.39. The normalized spacial score (nSPS) is 15.1. The number of halogens is 2. The quantitative estimate of drug-likeness (QED) is 0.229. The van der Waals surface area contributed by atoms with Crippen LogP contribution in [-0.4, -0.2) is 67.1 Å². The molecular formula is C35H38F2N8O4. The molecule has 0 spiro atoms. The third kappa shape index (κ3) is 6.78. The molecule has 4 heterocycles. The van der Waals surface area contributed by atoms with E-state index in [1.54, 1.807) is 17.2 Å². The highest BCUT2D eigenvalue weighted by Crippen LogP contribution is 2.36. The van der Waals surface area contributed by atoms with Crippen LogP contribution < -0.4 is 16.3 Å². The van der Waals surface area contributed by atoms with Crippen LogP contribution in [0.15, 0.2) is 41.3 Å². The highest BCUT2D eigenvalue weighted by molar-refractivity contribution is 5.91. The molecule has 0 saturated carbocycles. The number of nitrogens with zero attached hydrogens (tertiary/aromatic N) is 7. The first-order chi connectivity index (χ1) is 23.1. The molecule has 1 aromatic carbocycles. The number of anilines is 2. The number of carboxylic acid groups (broad SMARTS) is 1. The zero-order chi connectivity index (χ0) is 35.8. The fourth-order valence-electron chi connectivity index (χ4n) is 6.11. The molecule has 0 unspecified atom stereocenters. The van der Waals surface area contributed by atoms with Crippen LogP contribution in [-0.2, 0) is 11.2 Å². The monoisotopic (exact) mass is 672 g/mol. The van der Waals surface area contributed by atoms with Crippen molar-refractivity contribution in [2.24, 2.45) is 5.41 Å². The minimum Gasteiger partial charge on any atom is -0.465 e. The number of Topliss-reactive ketones (excluding diaryl/α,β-unsaturated/α-hetero) is 1. The number of ketones is 1. The number of hydrogen-bond acceptors (Lipinski definition) is 9. The van der Waals surface area contributed by atoms with E-state index in [2.05, 4.69) is 15.0 Å². The first-order valence-electron chi connectivity index (χ1n) is 15.9. The molecule has 4 aromatic rings. The summed E-state index contributed by atoms with van der Waals surface area (Å²) in [6, 6.07) is 8.00. The van der Waals surface area contributed by atoms with Crippen molar-refractivity contribution < 1.29 is 23.5 Å². The van der Waals surface area contributed by atoms with Gasteiger partial charge in [0.15, 0.2) is 11.5 Å². The van der Waals surface area contributed by atoms with E-state index in [-0.39, 0.29) is 78.7 Å². The topological polar surface area (TPSA) is 171 Å². The van der Waals surface area contributed by atoms with Crippen LogP contribution in [0.5, 0.6) is 0 Å². The second-order valence-corrected chi connectivity index (χ2v) is 13.4. The number of rotatable bonds is 8. The summed E-state index contributed by atoms with van der Waals surface area (Å²) in [6.45, 7) is 9.35. The third-order valence-electron chi connectivity index (χ3n) is 8.70. The maximum Gasteiger partial charge on any atom is 0.407 e. The number of aryl methyl sites for hydroxylation is 1. The molecule has 12 nitrogen and oxygen atoms in total. The number of piperazine rings is 1. The number of hydrogen-bond donors (Lipinski definition) is 2. The Morgan fingerprint density at radius 2 is 1.88 bits per heavy atom. The molecule has 0 bridgehead atoms. The highest BCUT2D eigenvalue weighted by Gasteiger charge is 2.33. The third-order valence-corrected chi connectivity index (χ3v) is 8.70. The van der Waals surface area contributed by atoms with Crippen molar-refractivity contribution in [3.8, 4) is 23.0 Å². The van der Waals surface area contributed by atoms with E-state index in [0.717, 1.165) is 17.0 Å². The van der Waals surface area contributed by atoms with Gasteiger partial charge in [-0.1, -0.05) is 40.7 Å². The van der Waals surface area contributed by atoms with Gasteiger partial charge in [-0.25, -0.2) is 27.9 Å². The number of nitrogen functional groups attached to an aromatic ring is 1. The summed E-state index contributed by atoms with van der Waals surface area (Å²) in [4.78, 5) is 55.5. The van der Waals surface area contributed by atoms with E-state index in [9.17, 15) is 24.8 Å². The summed E-state index contributed by atoms with van der Waals surface area (Å²) in [5.41, 5.74) is 5.31. The van der Waals surface area contributed by atoms with Gasteiger partial charge >= 0.3 is 11.8 Å². The lowest BCUT2D eigenvalue weighted by atomic mass is 9.87. The van der Waals surface area contributed by atoms with Crippen LogP contribution in [0.3, 0.4) is 0 Å². The van der Waals surface area contributed by atoms with Crippen molar-refractivity contribution in [1.82, 2.24) is 24.4 Å². The van der Waals surface area contributed by atoms with Gasteiger partial charge in [0.05, 0.1) is 40.9 Å². The van der Waals surface area contributed by atoms with Gasteiger partial charge in [0, 0.05) is 43.4 Å². The van der Waals surface area contributed by atoms with Crippen molar-refractivity contribution in [2.45, 2.75) is 65.8 Å². The van der Waals surface area contributed by atoms with E-state index in [0.29, 0.717) is 16.9 Å². The number of pyridine rings is 2. The number of benzene rings is 1. The van der Waals surface area contributed by atoms with Crippen molar-refractivity contribution in [3.63, 3.8) is 0 Å². The van der Waals surface area contributed by atoms with Crippen molar-refractivity contribution in [1.29, 1.82) is 5.26 Å². The molecule has 14 heteroatoms. The fourth-order valence-corrected chi connectivity index (χ4v) is 6.11. The van der Waals surface area contributed by atoms with E-state index < -0.39 is 40.6 Å². The standard InChI is InChI=1S/C35H38F2N8O4/c1-19(2)28-30(20(12-14-40-28)9-10-26(46)35(3,4)5)45-32-22(17-24(37)29(41-32)27-23(36)7-6-8-25(27)39)31(42-33(45)47)43-15-16-44(34(48)49)21(18-43)11-13-38/h6-8,12,14,17,19,21H,9-11,15-16,18,39H2,1-5H3,(H,48,49)/t21-/m0/s1. The summed E-state index contributed by atoms with van der Waals surface area (Å²) >= 11 is 0. The predicted octanol–water partition coefficient (Wildman–Crippen LogP) is 5.46. The van der Waals surface area contributed by atoms with Crippen LogP contribution in [0, 0.1) is 28.4 Å². The predicted molar refractivity (Wildman–Crippen MR) is 181 cm³/mol. The van der Waals surface area contributed by atoms with Crippen LogP contribution in [0.1, 0.15) is 64.6 Å². The molecule has 0 aliphatic carbocycles. The van der Waals surface area contributed by atoms with Crippen molar-refractivity contribution in [3.05, 3.63) is 69.9 Å². The molecule has 1 aliphatic heterocycles. The molecule has 1 fully saturated rings. The Kier molecular flexibility index (Phi) is 9.66. The molecule has 3 aromatic heterocycles. The average molecular weight is 673 g/mol. The molecular weight excluding hydrogens is 634 g/mol. The van der Waals surface area contributed by atoms with E-state index in [4.69, 9.17) is 5.73 Å². The lowest BCUT2D eigenvalue weighted by Crippen LogP contribution is -2.55. The maximum absolute atomic E-state index is 16.1. The molecule has 256 valence electrons. The number of nitriles is 1. The van der Waals surface area contributed by atoms with Crippen LogP contribution in [0.2, 0.25) is 0 Å². The maximum atomic E-state index is 16.1. The zero-order valence-electron chi connectivity index (χ0n) is 28.0. The second-order valence-electron chi connectivity index (χ2n) is 13.4. The van der Waals surface area contributed by atoms with Crippen molar-refractivity contribution in [2.75, 3.05) is 30.3 Å². The molecule has 1 aliphatic rings. The molecule has 1 saturated heterocycles. The summed E-state index contributed by atoms with van der Waals surface area (Å²) in [5, 5.41) is 19.2. The molecule has 1 amide bonds. The first kappa shape index (κ1) is 34.9. The van der Waals surface area contributed by atoms with Gasteiger partial charge in [0.2, 0.25) is 0 Å². The lowest BCUT2D eigenvalue weighted by molar-refractivity contribution is -0.126. The number of amides is 1. The second kappa shape index (κ2) is 13.6. The molecule has 3 N–H and O–H groups in total. The van der Waals surface area contributed by atoms with Gasteiger partial charge in [-0.2, -0.15) is 10.2 Å². The summed E-state index contributed by atoms with van der Waals surface area (Å²) in [7, 11) is 0. The number of carbonyl (C=O) groups excluding carboxylic acids is 1. The zero-order valence-corrected chi connectivity index (χ0v) is 28.0. The highest BCUT2D eigenvalue weighted by atomic mass is 19.1. The Balaban J connectivity index is 1.82. The summed E-state index contributed by atoms with van der Waals surface area (Å²) < 4.78 is 32.6. The Bertz CT molecular complexity index is 2030. The minimum absolute atomic E-state index is 0.000249. The molecule has 0 radical (unpaired) electrons. The van der Waals surface area contributed by atoms with Gasteiger partial charge < -0.3 is 20.6 Å². The number of aromatic nitrogens is 4. The van der Waals surface area contributed by atoms with Gasteiger partial charge in [-0.15, -0.1) is 0 Å². The molecule has 49 heavy (non-hydrogen) atoms. The first-order valence-corrected chi connectivity index (χ1v) is 15.9. The minimum atomic E-state index is -1.19. The summed E-state index contributed by atoms with van der Waals surface area (Å²) in [5.74, 6) is -1.92. The molecule has 1 atom stereocenters. The smallest absolute Gasteiger partial charge is 0.407 e. The Morgan fingerprint density at radius 1 is 1.14 bits per heavy atom. The van der Waals surface area contributed by atoms with Crippen LogP contribution in [0.25, 0.3) is 28.0 Å². The fraction of sp³-hybridized carbons (Fsp3) is 0.400. The van der Waals surface area contributed by atoms with Crippen LogP contribution in [0.4, 0.5) is 25.1 Å². The average Bonchev–Trinajstić information content (AvgIpc) is 3.03. The van der Waals surface area contributed by atoms with Gasteiger partial charge in [-0.05, 0) is 42.2 Å². The van der Waals surface area contributed by atoms with E-state index >= 15 is 8.78 Å². The molecule has 5 rings (SSSR count). The Morgan fingerprint density at radius 3 is 2.51 bits per heavy atom. The van der Waals surface area contributed by atoms with Gasteiger partial charge in [0.25, 0.3) is 0 Å². The number of nitrogens with two attached hydrogens (primary N) is 1. The van der Waals surface area contributed by atoms with E-state index in [1.807, 2.05) is 40.7 Å². The largest absolute Gasteiger partial charge is 0.465 e. The number of fused-ring (bicyclic) bond motifs is 1. The Labute approximate surface area is 281 Å². The number of carbonyl (C=O) groups is 2. The van der Waals surface area contributed by atoms with Crippen LogP contribution >= 0.6 is 0 Å². The van der Waals surface area contributed by atoms with Gasteiger partial charge in [0.1, 0.15) is 23.1 Å².